The number of esters is 1. The van der Waals surface area contributed by atoms with Crippen molar-refractivity contribution in [1.29, 1.82) is 0 Å². The number of rotatable bonds is 6. The van der Waals surface area contributed by atoms with Crippen LogP contribution in [0, 0.1) is 5.82 Å². The molecule has 0 atom stereocenters. The quantitative estimate of drug-likeness (QED) is 0.588. The average Bonchev–Trinajstić information content (AvgIpc) is 2.30. The number of benzene rings is 1. The summed E-state index contributed by atoms with van der Waals surface area (Å²) in [5.41, 5.74) is 0.294. The van der Waals surface area contributed by atoms with Gasteiger partial charge < -0.3 is 4.74 Å². The maximum Gasteiger partial charge on any atom is 0.310 e. The highest BCUT2D eigenvalue weighted by Crippen LogP contribution is 2.24. The molecule has 0 saturated carbocycles. The van der Waals surface area contributed by atoms with Gasteiger partial charge in [-0.3, -0.25) is 9.59 Å². The molecular formula is C13H15FO3S. The highest BCUT2D eigenvalue weighted by atomic mass is 32.2. The van der Waals surface area contributed by atoms with Crippen molar-refractivity contribution in [3.8, 4) is 0 Å². The molecule has 0 amide bonds. The van der Waals surface area contributed by atoms with Crippen molar-refractivity contribution in [3.63, 3.8) is 0 Å². The summed E-state index contributed by atoms with van der Waals surface area (Å²) in [5.74, 6) is -0.697. The molecule has 0 spiro atoms. The van der Waals surface area contributed by atoms with Crippen LogP contribution < -0.4 is 0 Å². The Balaban J connectivity index is 2.78. The lowest BCUT2D eigenvalue weighted by Crippen LogP contribution is -2.09. The van der Waals surface area contributed by atoms with E-state index >= 15 is 0 Å². The fourth-order valence-electron chi connectivity index (χ4n) is 1.35. The summed E-state index contributed by atoms with van der Waals surface area (Å²) in [4.78, 5) is 22.5. The Morgan fingerprint density at radius 3 is 2.72 bits per heavy atom. The second-order valence-electron chi connectivity index (χ2n) is 3.70. The number of ketones is 1. The van der Waals surface area contributed by atoms with Crippen LogP contribution in [0.1, 0.15) is 19.4 Å². The molecule has 0 aromatic heterocycles. The summed E-state index contributed by atoms with van der Waals surface area (Å²) in [6, 6.07) is 4.81. The van der Waals surface area contributed by atoms with Crippen LogP contribution in [0.4, 0.5) is 4.39 Å². The Labute approximate surface area is 110 Å². The highest BCUT2D eigenvalue weighted by Gasteiger charge is 2.13. The SMILES string of the molecule is CCOC(=O)Cc1cccc(SCC(C)=O)c1F. The maximum atomic E-state index is 14.0. The van der Waals surface area contributed by atoms with E-state index in [2.05, 4.69) is 0 Å². The molecule has 1 aromatic carbocycles. The number of carbonyl (C=O) groups excluding carboxylic acids is 2. The predicted molar refractivity (Wildman–Crippen MR) is 68.1 cm³/mol. The molecule has 0 N–H and O–H groups in total. The van der Waals surface area contributed by atoms with Crippen LogP contribution in [-0.2, 0) is 20.7 Å². The van der Waals surface area contributed by atoms with E-state index in [-0.39, 0.29) is 24.6 Å². The third kappa shape index (κ3) is 4.49. The van der Waals surface area contributed by atoms with Gasteiger partial charge in [0.15, 0.2) is 0 Å². The summed E-state index contributed by atoms with van der Waals surface area (Å²) < 4.78 is 18.8. The number of thioether (sulfide) groups is 1. The summed E-state index contributed by atoms with van der Waals surface area (Å²) in [6.45, 7) is 3.43. The van der Waals surface area contributed by atoms with Crippen LogP contribution in [0.25, 0.3) is 0 Å². The van der Waals surface area contributed by atoms with Crippen molar-refractivity contribution in [2.45, 2.75) is 25.2 Å². The predicted octanol–water partition coefficient (Wildman–Crippen LogP) is 2.61. The fraction of sp³-hybridized carbons (Fsp3) is 0.385. The van der Waals surface area contributed by atoms with E-state index in [1.165, 1.54) is 6.92 Å². The van der Waals surface area contributed by atoms with Crippen LogP contribution in [0.3, 0.4) is 0 Å². The zero-order valence-corrected chi connectivity index (χ0v) is 11.2. The monoisotopic (exact) mass is 270 g/mol. The van der Waals surface area contributed by atoms with E-state index in [1.54, 1.807) is 25.1 Å². The van der Waals surface area contributed by atoms with Gasteiger partial charge in [0, 0.05) is 10.5 Å². The summed E-state index contributed by atoms with van der Waals surface area (Å²) in [7, 11) is 0. The molecule has 1 aromatic rings. The smallest absolute Gasteiger partial charge is 0.310 e. The fourth-order valence-corrected chi connectivity index (χ4v) is 2.14. The van der Waals surface area contributed by atoms with E-state index in [1.807, 2.05) is 0 Å². The molecule has 0 fully saturated rings. The van der Waals surface area contributed by atoms with Gasteiger partial charge in [0.05, 0.1) is 18.8 Å². The number of hydrogen-bond acceptors (Lipinski definition) is 4. The van der Waals surface area contributed by atoms with Gasteiger partial charge in [0.1, 0.15) is 11.6 Å². The van der Waals surface area contributed by atoms with Crippen LogP contribution in [0.5, 0.6) is 0 Å². The van der Waals surface area contributed by atoms with Crippen molar-refractivity contribution >= 4 is 23.5 Å². The minimum absolute atomic E-state index is 0.0183. The highest BCUT2D eigenvalue weighted by molar-refractivity contribution is 8.00. The van der Waals surface area contributed by atoms with Crippen molar-refractivity contribution in [1.82, 2.24) is 0 Å². The largest absolute Gasteiger partial charge is 0.466 e. The van der Waals surface area contributed by atoms with Crippen LogP contribution in [0.15, 0.2) is 23.1 Å². The van der Waals surface area contributed by atoms with E-state index in [4.69, 9.17) is 4.74 Å². The molecule has 0 aliphatic rings. The summed E-state index contributed by atoms with van der Waals surface area (Å²) >= 11 is 1.13. The van der Waals surface area contributed by atoms with Gasteiger partial charge in [-0.25, -0.2) is 4.39 Å². The topological polar surface area (TPSA) is 43.4 Å². The number of ether oxygens (including phenoxy) is 1. The molecule has 0 saturated heterocycles. The van der Waals surface area contributed by atoms with Crippen molar-refractivity contribution < 1.29 is 18.7 Å². The lowest BCUT2D eigenvalue weighted by atomic mass is 10.1. The minimum Gasteiger partial charge on any atom is -0.466 e. The Kier molecular flexibility index (Phi) is 5.85. The molecular weight excluding hydrogens is 255 g/mol. The minimum atomic E-state index is -0.454. The molecule has 1 rings (SSSR count). The second-order valence-corrected chi connectivity index (χ2v) is 4.72. The van der Waals surface area contributed by atoms with Gasteiger partial charge in [-0.05, 0) is 19.9 Å². The Bertz CT molecular complexity index is 446. The molecule has 5 heteroatoms. The normalized spacial score (nSPS) is 10.2. The van der Waals surface area contributed by atoms with Crippen molar-refractivity contribution in [2.75, 3.05) is 12.4 Å². The average molecular weight is 270 g/mol. The summed E-state index contributed by atoms with van der Waals surface area (Å²) in [5, 5.41) is 0. The molecule has 0 heterocycles. The molecule has 98 valence electrons. The number of carbonyl (C=O) groups is 2. The van der Waals surface area contributed by atoms with Crippen LogP contribution in [-0.4, -0.2) is 24.1 Å². The maximum absolute atomic E-state index is 14.0. The van der Waals surface area contributed by atoms with Crippen molar-refractivity contribution in [2.24, 2.45) is 0 Å². The zero-order valence-electron chi connectivity index (χ0n) is 10.4. The molecule has 0 aliphatic heterocycles. The molecule has 0 radical (unpaired) electrons. The van der Waals surface area contributed by atoms with E-state index < -0.39 is 11.8 Å². The third-order valence-electron chi connectivity index (χ3n) is 2.11. The van der Waals surface area contributed by atoms with Gasteiger partial charge in [0.25, 0.3) is 0 Å². The summed E-state index contributed by atoms with van der Waals surface area (Å²) in [6.07, 6.45) is -0.0891. The molecule has 0 unspecified atom stereocenters. The second kappa shape index (κ2) is 7.16. The first-order chi connectivity index (χ1) is 8.54. The van der Waals surface area contributed by atoms with Gasteiger partial charge in [0.2, 0.25) is 0 Å². The van der Waals surface area contributed by atoms with Crippen molar-refractivity contribution in [3.05, 3.63) is 29.6 Å². The van der Waals surface area contributed by atoms with Gasteiger partial charge in [-0.2, -0.15) is 0 Å². The van der Waals surface area contributed by atoms with E-state index in [0.717, 1.165) is 11.8 Å². The Hall–Kier alpha value is -1.36. The zero-order chi connectivity index (χ0) is 13.5. The molecule has 0 aliphatic carbocycles. The lowest BCUT2D eigenvalue weighted by molar-refractivity contribution is -0.142. The van der Waals surface area contributed by atoms with Crippen LogP contribution in [0.2, 0.25) is 0 Å². The number of Topliss-reactive ketones (excluding diaryl/α,β-unsaturated/α-hetero) is 1. The van der Waals surface area contributed by atoms with E-state index in [9.17, 15) is 14.0 Å². The third-order valence-corrected chi connectivity index (χ3v) is 3.29. The molecule has 18 heavy (non-hydrogen) atoms. The molecule has 3 nitrogen and oxygen atoms in total. The first kappa shape index (κ1) is 14.7. The van der Waals surface area contributed by atoms with Gasteiger partial charge >= 0.3 is 5.97 Å². The van der Waals surface area contributed by atoms with Gasteiger partial charge in [-0.1, -0.05) is 12.1 Å². The van der Waals surface area contributed by atoms with E-state index in [0.29, 0.717) is 10.5 Å². The van der Waals surface area contributed by atoms with Crippen LogP contribution >= 0.6 is 11.8 Å². The number of halogens is 1. The Morgan fingerprint density at radius 1 is 1.39 bits per heavy atom. The first-order valence-corrected chi connectivity index (χ1v) is 6.58. The Morgan fingerprint density at radius 2 is 2.11 bits per heavy atom. The number of hydrogen-bond donors (Lipinski definition) is 0. The lowest BCUT2D eigenvalue weighted by Gasteiger charge is -2.07. The standard InChI is InChI=1S/C13H15FO3S/c1-3-17-12(16)7-10-5-4-6-11(13(10)14)18-8-9(2)15/h4-6H,3,7-8H2,1-2H3. The van der Waals surface area contributed by atoms with Gasteiger partial charge in [-0.15, -0.1) is 11.8 Å². The molecule has 0 bridgehead atoms. The first-order valence-electron chi connectivity index (χ1n) is 5.59.